The van der Waals surface area contributed by atoms with Crippen LogP contribution in [-0.4, -0.2) is 16.8 Å². The van der Waals surface area contributed by atoms with E-state index in [9.17, 15) is 9.59 Å². The highest BCUT2D eigenvalue weighted by Gasteiger charge is 2.44. The first-order chi connectivity index (χ1) is 13.0. The van der Waals surface area contributed by atoms with Crippen LogP contribution in [0.2, 0.25) is 0 Å². The predicted molar refractivity (Wildman–Crippen MR) is 95.3 cm³/mol. The van der Waals surface area contributed by atoms with Gasteiger partial charge in [-0.3, -0.25) is 9.59 Å². The van der Waals surface area contributed by atoms with Crippen molar-refractivity contribution in [1.29, 1.82) is 10.5 Å². The van der Waals surface area contributed by atoms with E-state index in [0.717, 1.165) is 5.01 Å². The maximum Gasteiger partial charge on any atom is 0.275 e. The third-order valence-corrected chi connectivity index (χ3v) is 4.42. The summed E-state index contributed by atoms with van der Waals surface area (Å²) in [6.07, 6.45) is 0. The summed E-state index contributed by atoms with van der Waals surface area (Å²) in [6.45, 7) is 0. The lowest BCUT2D eigenvalue weighted by molar-refractivity contribution is -0.123. The fourth-order valence-electron chi connectivity index (χ4n) is 3.24. The molecule has 0 spiro atoms. The van der Waals surface area contributed by atoms with Gasteiger partial charge in [0.05, 0.1) is 45.8 Å². The molecule has 4 rings (SSSR count). The average molecular weight is 353 g/mol. The van der Waals surface area contributed by atoms with Gasteiger partial charge >= 0.3 is 0 Å². The van der Waals surface area contributed by atoms with Gasteiger partial charge < -0.3 is 5.32 Å². The fourth-order valence-corrected chi connectivity index (χ4v) is 3.24. The van der Waals surface area contributed by atoms with E-state index in [1.54, 1.807) is 48.5 Å². The number of hydrogen-bond donors (Lipinski definition) is 2. The maximum absolute atomic E-state index is 12.8. The Balaban J connectivity index is 1.96. The Morgan fingerprint density at radius 3 is 2.11 bits per heavy atom. The molecule has 0 saturated heterocycles. The van der Waals surface area contributed by atoms with E-state index < -0.39 is 11.8 Å². The number of carbonyl (C=O) groups excluding carboxylic acids is 2. The van der Waals surface area contributed by atoms with E-state index >= 15 is 0 Å². The zero-order valence-corrected chi connectivity index (χ0v) is 13.9. The number of carbonyl (C=O) groups is 2. The minimum absolute atomic E-state index is 0.162. The van der Waals surface area contributed by atoms with Gasteiger partial charge in [0.1, 0.15) is 0 Å². The largest absolute Gasteiger partial charge is 0.321 e. The molecule has 0 atom stereocenters. The standard InChI is InChI=1S/C20H11N5O2/c21-9-11-3-1-5-13(7-11)17-15-16(19(26)24-17)18(25(23)20(15)27)14-6-2-4-12(8-14)10-22/h1-8H,23H2,(H,24,26). The number of hydrazine groups is 1. The van der Waals surface area contributed by atoms with Crippen LogP contribution < -0.4 is 11.2 Å². The van der Waals surface area contributed by atoms with Gasteiger partial charge in [-0.15, -0.1) is 0 Å². The summed E-state index contributed by atoms with van der Waals surface area (Å²) in [5.74, 6) is 4.98. The number of nitrogens with two attached hydrogens (primary N) is 1. The molecule has 7 heteroatoms. The predicted octanol–water partition coefficient (Wildman–Crippen LogP) is 1.40. The lowest BCUT2D eigenvalue weighted by Gasteiger charge is -2.15. The third kappa shape index (κ3) is 2.39. The first-order valence-electron chi connectivity index (χ1n) is 7.95. The van der Waals surface area contributed by atoms with E-state index in [2.05, 4.69) is 5.32 Å². The van der Waals surface area contributed by atoms with Crippen LogP contribution in [0, 0.1) is 22.7 Å². The van der Waals surface area contributed by atoms with Crippen molar-refractivity contribution in [3.63, 3.8) is 0 Å². The van der Waals surface area contributed by atoms with Crippen molar-refractivity contribution in [3.05, 3.63) is 81.9 Å². The summed E-state index contributed by atoms with van der Waals surface area (Å²) in [6, 6.07) is 17.2. The van der Waals surface area contributed by atoms with Crippen LogP contribution in [0.4, 0.5) is 0 Å². The van der Waals surface area contributed by atoms with Crippen LogP contribution in [0.15, 0.2) is 59.7 Å². The van der Waals surface area contributed by atoms with Gasteiger partial charge in [-0.2, -0.15) is 10.5 Å². The van der Waals surface area contributed by atoms with E-state index in [1.165, 1.54) is 0 Å². The number of hydrogen-bond acceptors (Lipinski definition) is 5. The summed E-state index contributed by atoms with van der Waals surface area (Å²) in [5, 5.41) is 21.8. The summed E-state index contributed by atoms with van der Waals surface area (Å²) < 4.78 is 0. The van der Waals surface area contributed by atoms with E-state index in [-0.39, 0.29) is 16.8 Å². The molecule has 2 aliphatic heterocycles. The Morgan fingerprint density at radius 1 is 0.889 bits per heavy atom. The molecule has 0 aromatic heterocycles. The molecule has 7 nitrogen and oxygen atoms in total. The number of benzene rings is 2. The molecule has 27 heavy (non-hydrogen) atoms. The minimum Gasteiger partial charge on any atom is -0.321 e. The molecule has 2 aromatic rings. The van der Waals surface area contributed by atoms with Crippen LogP contribution in [0.3, 0.4) is 0 Å². The van der Waals surface area contributed by atoms with Crippen molar-refractivity contribution in [1.82, 2.24) is 10.3 Å². The third-order valence-electron chi connectivity index (χ3n) is 4.42. The summed E-state index contributed by atoms with van der Waals surface area (Å²) >= 11 is 0. The number of amides is 2. The SMILES string of the molecule is N#Cc1cccc(C2=C3C(=O)N(N)C(c4cccc(C#N)c4)=C3C(=O)N2)c1. The first kappa shape index (κ1) is 16.3. The fraction of sp³-hybridized carbons (Fsp3) is 0. The van der Waals surface area contributed by atoms with Gasteiger partial charge in [-0.25, -0.2) is 10.9 Å². The zero-order chi connectivity index (χ0) is 19.1. The molecule has 0 fully saturated rings. The van der Waals surface area contributed by atoms with Crippen molar-refractivity contribution in [3.8, 4) is 12.1 Å². The number of rotatable bonds is 2. The minimum atomic E-state index is -0.530. The smallest absolute Gasteiger partial charge is 0.275 e. The molecule has 128 valence electrons. The van der Waals surface area contributed by atoms with Crippen LogP contribution >= 0.6 is 0 Å². The van der Waals surface area contributed by atoms with Crippen LogP contribution in [0.1, 0.15) is 22.3 Å². The molecule has 2 amide bonds. The first-order valence-corrected chi connectivity index (χ1v) is 7.95. The van der Waals surface area contributed by atoms with E-state index in [0.29, 0.717) is 28.0 Å². The van der Waals surface area contributed by atoms with Gasteiger partial charge in [0.25, 0.3) is 11.8 Å². The van der Waals surface area contributed by atoms with E-state index in [1.807, 2.05) is 12.1 Å². The Labute approximate surface area is 154 Å². The van der Waals surface area contributed by atoms with Crippen molar-refractivity contribution in [2.24, 2.45) is 5.84 Å². The highest BCUT2D eigenvalue weighted by molar-refractivity contribution is 6.30. The van der Waals surface area contributed by atoms with Gasteiger partial charge in [-0.1, -0.05) is 24.3 Å². The maximum atomic E-state index is 12.8. The molecule has 3 N–H and O–H groups in total. The van der Waals surface area contributed by atoms with Crippen LogP contribution in [-0.2, 0) is 9.59 Å². The molecule has 0 radical (unpaired) electrons. The monoisotopic (exact) mass is 353 g/mol. The Kier molecular flexibility index (Phi) is 3.59. The lowest BCUT2D eigenvalue weighted by Crippen LogP contribution is -2.33. The normalized spacial score (nSPS) is 15.6. The number of nitrogens with one attached hydrogen (secondary N) is 1. The highest BCUT2D eigenvalue weighted by atomic mass is 16.2. The van der Waals surface area contributed by atoms with Crippen molar-refractivity contribution in [2.75, 3.05) is 0 Å². The second-order valence-electron chi connectivity index (χ2n) is 5.99. The average Bonchev–Trinajstić information content (AvgIpc) is 3.17. The Hall–Kier alpha value is -4.20. The summed E-state index contributed by atoms with van der Waals surface area (Å²) in [7, 11) is 0. The van der Waals surface area contributed by atoms with Crippen molar-refractivity contribution < 1.29 is 9.59 Å². The van der Waals surface area contributed by atoms with Gasteiger partial charge in [-0.05, 0) is 24.3 Å². The summed E-state index contributed by atoms with van der Waals surface area (Å²) in [4.78, 5) is 25.4. The highest BCUT2D eigenvalue weighted by Crippen LogP contribution is 2.41. The zero-order valence-electron chi connectivity index (χ0n) is 13.9. The Bertz CT molecular complexity index is 1180. The molecule has 2 heterocycles. The molecular weight excluding hydrogens is 342 g/mol. The lowest BCUT2D eigenvalue weighted by atomic mass is 10.0. The molecule has 0 unspecified atom stereocenters. The van der Waals surface area contributed by atoms with Crippen LogP contribution in [0.25, 0.3) is 11.4 Å². The number of nitriles is 2. The topological polar surface area (TPSA) is 123 Å². The molecule has 0 saturated carbocycles. The Morgan fingerprint density at radius 2 is 1.48 bits per heavy atom. The molecular formula is C20H11N5O2. The van der Waals surface area contributed by atoms with Gasteiger partial charge in [0.15, 0.2) is 0 Å². The second kappa shape index (κ2) is 5.95. The summed E-state index contributed by atoms with van der Waals surface area (Å²) in [5.41, 5.74) is 2.72. The molecule has 2 aromatic carbocycles. The van der Waals surface area contributed by atoms with E-state index in [4.69, 9.17) is 16.4 Å². The van der Waals surface area contributed by atoms with Crippen molar-refractivity contribution in [2.45, 2.75) is 0 Å². The quantitative estimate of drug-likeness (QED) is 0.624. The van der Waals surface area contributed by atoms with Crippen LogP contribution in [0.5, 0.6) is 0 Å². The number of fused-ring (bicyclic) bond motifs is 1. The van der Waals surface area contributed by atoms with Crippen molar-refractivity contribution >= 4 is 23.2 Å². The second-order valence-corrected chi connectivity index (χ2v) is 5.99. The molecule has 0 aliphatic carbocycles. The number of nitrogens with zero attached hydrogens (tertiary/aromatic N) is 3. The molecule has 0 bridgehead atoms. The van der Waals surface area contributed by atoms with Gasteiger partial charge in [0, 0.05) is 11.1 Å². The van der Waals surface area contributed by atoms with Gasteiger partial charge in [0.2, 0.25) is 0 Å². The molecule has 2 aliphatic rings.